The van der Waals surface area contributed by atoms with Gasteiger partial charge < -0.3 is 5.11 Å². The minimum atomic E-state index is -0.826. The number of aliphatic hydroxyl groups is 1. The molecule has 2 unspecified atom stereocenters. The van der Waals surface area contributed by atoms with E-state index in [0.29, 0.717) is 19.3 Å². The Bertz CT molecular complexity index is 323. The fraction of sp³-hybridized carbons (Fsp3) is 0.950. The Kier molecular flexibility index (Phi) is 17.1. The van der Waals surface area contributed by atoms with Crippen LogP contribution in [-0.4, -0.2) is 28.5 Å². The second-order valence-corrected chi connectivity index (χ2v) is 7.13. The molecule has 0 aromatic rings. The van der Waals surface area contributed by atoms with Crippen LogP contribution in [0.3, 0.4) is 0 Å². The molecule has 0 aliphatic heterocycles. The highest BCUT2D eigenvalue weighted by Gasteiger charge is 2.28. The maximum Gasteiger partial charge on any atom is 0.238 e. The summed E-state index contributed by atoms with van der Waals surface area (Å²) < 4.78 is 0. The molecule has 0 aliphatic rings. The van der Waals surface area contributed by atoms with E-state index in [1.807, 2.05) is 6.29 Å². The van der Waals surface area contributed by atoms with Gasteiger partial charge in [0.25, 0.3) is 0 Å². The molecular formula is C20H38NO4. The van der Waals surface area contributed by atoms with Crippen molar-refractivity contribution in [1.82, 2.24) is 0 Å². The molecule has 0 aliphatic carbocycles. The number of hydrogen-bond donors (Lipinski definition) is 1. The highest BCUT2D eigenvalue weighted by molar-refractivity contribution is 5.50. The fourth-order valence-electron chi connectivity index (χ4n) is 3.20. The summed E-state index contributed by atoms with van der Waals surface area (Å²) in [6.07, 6.45) is 16.5. The van der Waals surface area contributed by atoms with Gasteiger partial charge in [0, 0.05) is 17.8 Å². The molecular weight excluding hydrogens is 318 g/mol. The van der Waals surface area contributed by atoms with Crippen molar-refractivity contribution in [2.75, 3.05) is 0 Å². The quantitative estimate of drug-likeness (QED) is 0.192. The van der Waals surface area contributed by atoms with Gasteiger partial charge >= 0.3 is 0 Å². The zero-order valence-electron chi connectivity index (χ0n) is 16.1. The van der Waals surface area contributed by atoms with Crippen LogP contribution in [0.1, 0.15) is 110 Å². The summed E-state index contributed by atoms with van der Waals surface area (Å²) in [7, 11) is 0. The molecule has 1 N–H and O–H groups in total. The van der Waals surface area contributed by atoms with E-state index in [9.17, 15) is 20.0 Å². The van der Waals surface area contributed by atoms with E-state index in [1.54, 1.807) is 0 Å². The molecule has 0 amide bonds. The zero-order valence-corrected chi connectivity index (χ0v) is 16.1. The average molecular weight is 357 g/mol. The lowest BCUT2D eigenvalue weighted by Gasteiger charge is -2.16. The van der Waals surface area contributed by atoms with Crippen LogP contribution in [0.25, 0.3) is 0 Å². The van der Waals surface area contributed by atoms with E-state index in [0.717, 1.165) is 51.4 Å². The largest absolute Gasteiger partial charge is 0.386 e. The molecule has 5 nitrogen and oxygen atoms in total. The van der Waals surface area contributed by atoms with Crippen LogP contribution in [0.2, 0.25) is 0 Å². The first-order chi connectivity index (χ1) is 12.1. The third-order valence-electron chi connectivity index (χ3n) is 4.85. The summed E-state index contributed by atoms with van der Waals surface area (Å²) in [6, 6.07) is -0.826. The third kappa shape index (κ3) is 15.0. The number of nitro groups is 1. The monoisotopic (exact) mass is 356 g/mol. The van der Waals surface area contributed by atoms with E-state index >= 15 is 0 Å². The molecule has 0 fully saturated rings. The zero-order chi connectivity index (χ0) is 18.8. The summed E-state index contributed by atoms with van der Waals surface area (Å²) in [5.74, 6) is 0. The van der Waals surface area contributed by atoms with Crippen LogP contribution >= 0.6 is 0 Å². The molecule has 0 heterocycles. The second-order valence-electron chi connectivity index (χ2n) is 7.13. The normalized spacial score (nSPS) is 13.5. The minimum Gasteiger partial charge on any atom is -0.386 e. The first-order valence-corrected chi connectivity index (χ1v) is 10.3. The Morgan fingerprint density at radius 2 is 1.32 bits per heavy atom. The maximum atomic E-state index is 11.2. The van der Waals surface area contributed by atoms with Crippen molar-refractivity contribution in [3.63, 3.8) is 0 Å². The number of aliphatic hydroxyl groups excluding tert-OH is 1. The summed E-state index contributed by atoms with van der Waals surface area (Å²) in [5, 5.41) is 21.3. The summed E-state index contributed by atoms with van der Waals surface area (Å²) in [4.78, 5) is 21.0. The van der Waals surface area contributed by atoms with Crippen molar-refractivity contribution >= 4 is 6.29 Å². The number of rotatable bonds is 19. The predicted molar refractivity (Wildman–Crippen MR) is 102 cm³/mol. The van der Waals surface area contributed by atoms with Gasteiger partial charge in [-0.2, -0.15) is 0 Å². The van der Waals surface area contributed by atoms with Crippen LogP contribution < -0.4 is 0 Å². The lowest BCUT2D eigenvalue weighted by Crippen LogP contribution is -2.33. The van der Waals surface area contributed by atoms with E-state index in [4.69, 9.17) is 0 Å². The lowest BCUT2D eigenvalue weighted by molar-refractivity contribution is -0.535. The lowest BCUT2D eigenvalue weighted by atomic mass is 9.98. The standard InChI is InChI=1S/C20H38NO4/c1-2-3-4-5-6-7-11-14-17-20(23)19(21(24)25)16-13-10-8-9-12-15-18-22/h19-20,23H,2-17H2,1H3. The second kappa shape index (κ2) is 17.8. The van der Waals surface area contributed by atoms with Crippen LogP contribution in [0.5, 0.6) is 0 Å². The van der Waals surface area contributed by atoms with Crippen molar-refractivity contribution in [3.05, 3.63) is 10.1 Å². The van der Waals surface area contributed by atoms with E-state index in [-0.39, 0.29) is 4.92 Å². The average Bonchev–Trinajstić information content (AvgIpc) is 2.59. The highest BCUT2D eigenvalue weighted by atomic mass is 16.6. The molecule has 0 aromatic carbocycles. The van der Waals surface area contributed by atoms with Gasteiger partial charge in [-0.1, -0.05) is 77.6 Å². The molecule has 0 spiro atoms. The fourth-order valence-corrected chi connectivity index (χ4v) is 3.20. The first kappa shape index (κ1) is 24.0. The molecule has 5 heteroatoms. The SMILES string of the molecule is CCCCCCCCCCC(O)C(CCCCCCC[C]=O)[N+](=O)[O-]. The number of unbranched alkanes of at least 4 members (excludes halogenated alkanes) is 12. The van der Waals surface area contributed by atoms with Gasteiger partial charge in [-0.15, -0.1) is 0 Å². The van der Waals surface area contributed by atoms with Gasteiger partial charge in [-0.3, -0.25) is 14.9 Å². The minimum absolute atomic E-state index is 0.309. The molecule has 0 saturated heterocycles. The van der Waals surface area contributed by atoms with Crippen LogP contribution in [0.4, 0.5) is 0 Å². The van der Waals surface area contributed by atoms with Crippen molar-refractivity contribution in [1.29, 1.82) is 0 Å². The molecule has 147 valence electrons. The van der Waals surface area contributed by atoms with Crippen LogP contribution in [0.15, 0.2) is 0 Å². The predicted octanol–water partition coefficient (Wildman–Crippen LogP) is 5.36. The molecule has 25 heavy (non-hydrogen) atoms. The number of hydrogen-bond acceptors (Lipinski definition) is 4. The van der Waals surface area contributed by atoms with E-state index < -0.39 is 12.1 Å². The summed E-state index contributed by atoms with van der Waals surface area (Å²) in [6.45, 7) is 2.21. The van der Waals surface area contributed by atoms with Crippen LogP contribution in [0, 0.1) is 10.1 Å². The van der Waals surface area contributed by atoms with Crippen molar-refractivity contribution in [2.45, 2.75) is 122 Å². The first-order valence-electron chi connectivity index (χ1n) is 10.3. The Labute approximate surface area is 153 Å². The van der Waals surface area contributed by atoms with Crippen molar-refractivity contribution in [3.8, 4) is 0 Å². The van der Waals surface area contributed by atoms with Gasteiger partial charge in [0.05, 0.1) is 0 Å². The molecule has 0 rings (SSSR count). The van der Waals surface area contributed by atoms with Gasteiger partial charge in [0.15, 0.2) is 6.29 Å². The Morgan fingerprint density at radius 1 is 0.840 bits per heavy atom. The topological polar surface area (TPSA) is 80.4 Å². The molecule has 0 saturated carbocycles. The van der Waals surface area contributed by atoms with Crippen molar-refractivity contribution < 1.29 is 14.8 Å². The van der Waals surface area contributed by atoms with Crippen LogP contribution in [-0.2, 0) is 4.79 Å². The molecule has 0 aromatic heterocycles. The smallest absolute Gasteiger partial charge is 0.238 e. The molecule has 2 atom stereocenters. The van der Waals surface area contributed by atoms with Gasteiger partial charge in [-0.25, -0.2) is 0 Å². The molecule has 0 bridgehead atoms. The number of nitrogens with zero attached hydrogens (tertiary/aromatic N) is 1. The Morgan fingerprint density at radius 3 is 1.84 bits per heavy atom. The maximum absolute atomic E-state index is 11.2. The summed E-state index contributed by atoms with van der Waals surface area (Å²) >= 11 is 0. The summed E-state index contributed by atoms with van der Waals surface area (Å²) in [5.41, 5.74) is 0. The highest BCUT2D eigenvalue weighted by Crippen LogP contribution is 2.17. The van der Waals surface area contributed by atoms with E-state index in [1.165, 1.54) is 32.1 Å². The van der Waals surface area contributed by atoms with E-state index in [2.05, 4.69) is 6.92 Å². The van der Waals surface area contributed by atoms with Gasteiger partial charge in [0.2, 0.25) is 6.04 Å². The molecule has 1 radical (unpaired) electrons. The number of carbonyl (C=O) groups excluding carboxylic acids is 1. The Balaban J connectivity index is 3.72. The Hall–Kier alpha value is -0.970. The van der Waals surface area contributed by atoms with Gasteiger partial charge in [0.1, 0.15) is 6.10 Å². The van der Waals surface area contributed by atoms with Crippen molar-refractivity contribution in [2.24, 2.45) is 0 Å². The third-order valence-corrected chi connectivity index (χ3v) is 4.85. The van der Waals surface area contributed by atoms with Gasteiger partial charge in [-0.05, 0) is 19.3 Å².